The fraction of sp³-hybridized carbons (Fsp3) is 0.375. The van der Waals surface area contributed by atoms with Crippen molar-refractivity contribution in [3.63, 3.8) is 0 Å². The van der Waals surface area contributed by atoms with Crippen LogP contribution in [0.3, 0.4) is 0 Å². The Balaban J connectivity index is 1.82. The quantitative estimate of drug-likeness (QED) is 0.665. The van der Waals surface area contributed by atoms with Gasteiger partial charge in [-0.1, -0.05) is 18.2 Å². The summed E-state index contributed by atoms with van der Waals surface area (Å²) < 4.78 is 21.4. The molecule has 1 aliphatic rings. The highest BCUT2D eigenvalue weighted by Gasteiger charge is 2.52. The van der Waals surface area contributed by atoms with Crippen LogP contribution in [0.1, 0.15) is 27.7 Å². The van der Waals surface area contributed by atoms with E-state index in [-0.39, 0.29) is 11.2 Å². The predicted octanol–water partition coefficient (Wildman–Crippen LogP) is 3.72. The van der Waals surface area contributed by atoms with Crippen LogP contribution in [0.25, 0.3) is 21.5 Å². The largest absolute Gasteiger partial charge is 0.497 e. The molecule has 1 aromatic carbocycles. The molecule has 0 spiro atoms. The third-order valence-corrected chi connectivity index (χ3v) is 6.17. The summed E-state index contributed by atoms with van der Waals surface area (Å²) in [7, 11) is -0.413. The minimum atomic E-state index is -0.413. The summed E-state index contributed by atoms with van der Waals surface area (Å²) in [5.74, 6) is 0. The normalized spacial score (nSPS) is 19.6. The number of aromatic nitrogens is 2. The van der Waals surface area contributed by atoms with Crippen LogP contribution in [0.5, 0.6) is 0 Å². The van der Waals surface area contributed by atoms with Gasteiger partial charge in [0, 0.05) is 15.9 Å². The van der Waals surface area contributed by atoms with Crippen LogP contribution in [0.15, 0.2) is 29.6 Å². The maximum atomic E-state index is 6.18. The molecule has 1 aliphatic heterocycles. The van der Waals surface area contributed by atoms with Crippen molar-refractivity contribution in [1.82, 2.24) is 8.75 Å². The molecule has 0 saturated carbocycles. The number of nitrogens with zero attached hydrogens (tertiary/aromatic N) is 2. The molecule has 0 radical (unpaired) electrons. The monoisotopic (exact) mass is 344 g/mol. The third-order valence-electron chi connectivity index (χ3n) is 4.74. The van der Waals surface area contributed by atoms with Crippen LogP contribution in [-0.4, -0.2) is 27.1 Å². The summed E-state index contributed by atoms with van der Waals surface area (Å²) in [6, 6.07) is 8.30. The van der Waals surface area contributed by atoms with Gasteiger partial charge in [-0.25, -0.2) is 0 Å². The van der Waals surface area contributed by atoms with Crippen molar-refractivity contribution in [1.29, 1.82) is 0 Å². The highest BCUT2D eigenvalue weighted by atomic mass is 32.1. The summed E-state index contributed by atoms with van der Waals surface area (Å²) in [5.41, 5.74) is 3.14. The number of hydrogen-bond acceptors (Lipinski definition) is 6. The maximum absolute atomic E-state index is 6.18. The van der Waals surface area contributed by atoms with Gasteiger partial charge in [0.05, 0.1) is 22.9 Å². The first kappa shape index (κ1) is 15.3. The van der Waals surface area contributed by atoms with Gasteiger partial charge in [0.1, 0.15) is 11.0 Å². The molecule has 1 saturated heterocycles. The van der Waals surface area contributed by atoms with Crippen LogP contribution in [0, 0.1) is 0 Å². The van der Waals surface area contributed by atoms with Crippen molar-refractivity contribution < 1.29 is 9.31 Å². The van der Waals surface area contributed by atoms with E-state index in [0.29, 0.717) is 0 Å². The van der Waals surface area contributed by atoms with Crippen molar-refractivity contribution in [2.75, 3.05) is 0 Å². The number of thiophene rings is 1. The lowest BCUT2D eigenvalue weighted by Crippen LogP contribution is -2.41. The van der Waals surface area contributed by atoms with Gasteiger partial charge in [-0.05, 0) is 39.1 Å². The molecule has 0 aliphatic carbocycles. The predicted molar refractivity (Wildman–Crippen MR) is 96.4 cm³/mol. The van der Waals surface area contributed by atoms with Gasteiger partial charge in [-0.15, -0.1) is 11.3 Å². The van der Waals surface area contributed by atoms with Crippen LogP contribution in [0.2, 0.25) is 0 Å². The molecule has 0 amide bonds. The zero-order valence-electron chi connectivity index (χ0n) is 13.5. The van der Waals surface area contributed by atoms with Gasteiger partial charge in [-0.2, -0.15) is 8.75 Å². The van der Waals surface area contributed by atoms with Crippen LogP contribution in [-0.2, 0) is 9.31 Å². The van der Waals surface area contributed by atoms with E-state index in [1.165, 1.54) is 16.6 Å². The lowest BCUT2D eigenvalue weighted by atomic mass is 9.77. The van der Waals surface area contributed by atoms with E-state index < -0.39 is 7.12 Å². The second kappa shape index (κ2) is 5.11. The summed E-state index contributed by atoms with van der Waals surface area (Å²) in [5, 5.41) is 2.07. The Kier molecular flexibility index (Phi) is 3.39. The van der Waals surface area contributed by atoms with Gasteiger partial charge in [0.2, 0.25) is 0 Å². The number of benzene rings is 1. The number of fused-ring (bicyclic) bond motifs is 1. The molecule has 0 unspecified atom stereocenters. The van der Waals surface area contributed by atoms with Crippen LogP contribution < -0.4 is 5.46 Å². The Morgan fingerprint density at radius 3 is 2.30 bits per heavy atom. The lowest BCUT2D eigenvalue weighted by Gasteiger charge is -2.32. The smallest absolute Gasteiger partial charge is 0.399 e. The van der Waals surface area contributed by atoms with Crippen molar-refractivity contribution in [2.24, 2.45) is 0 Å². The molecule has 0 bridgehead atoms. The van der Waals surface area contributed by atoms with E-state index in [9.17, 15) is 0 Å². The van der Waals surface area contributed by atoms with Gasteiger partial charge in [-0.3, -0.25) is 0 Å². The SMILES string of the molecule is CC1(C)OB(c2ccc(-c3cccs3)c3nsnc23)OC1(C)C. The minimum Gasteiger partial charge on any atom is -0.399 e. The minimum absolute atomic E-state index is 0.361. The lowest BCUT2D eigenvalue weighted by molar-refractivity contribution is 0.00578. The molecular weight excluding hydrogens is 327 g/mol. The highest BCUT2D eigenvalue weighted by molar-refractivity contribution is 7.13. The Morgan fingerprint density at radius 1 is 0.957 bits per heavy atom. The molecular formula is C16H17BN2O2S2. The highest BCUT2D eigenvalue weighted by Crippen LogP contribution is 2.37. The molecule has 23 heavy (non-hydrogen) atoms. The molecule has 1 fully saturated rings. The fourth-order valence-corrected chi connectivity index (χ4v) is 4.01. The molecule has 7 heteroatoms. The molecule has 118 valence electrons. The zero-order valence-corrected chi connectivity index (χ0v) is 15.1. The van der Waals surface area contributed by atoms with Crippen LogP contribution >= 0.6 is 23.1 Å². The standard InChI is InChI=1S/C16H17BN2O2S2/c1-15(2)16(3,4)21-17(20-15)11-8-7-10(12-6-5-9-22-12)13-14(11)19-23-18-13/h5-9H,1-4H3. The second-order valence-electron chi connectivity index (χ2n) is 6.73. The number of rotatable bonds is 2. The molecule has 2 aromatic heterocycles. The van der Waals surface area contributed by atoms with Crippen LogP contribution in [0.4, 0.5) is 0 Å². The second-order valence-corrected chi connectivity index (χ2v) is 8.21. The number of hydrogen-bond donors (Lipinski definition) is 0. The molecule has 0 N–H and O–H groups in total. The van der Waals surface area contributed by atoms with E-state index in [0.717, 1.165) is 22.1 Å². The molecule has 4 nitrogen and oxygen atoms in total. The maximum Gasteiger partial charge on any atom is 0.497 e. The Bertz CT molecular complexity index is 842. The average Bonchev–Trinajstić information content (AvgIpc) is 3.19. The first-order valence-electron chi connectivity index (χ1n) is 7.54. The third kappa shape index (κ3) is 2.34. The Hall–Kier alpha value is -1.28. The molecule has 4 rings (SSSR count). The summed E-state index contributed by atoms with van der Waals surface area (Å²) in [6.45, 7) is 8.24. The van der Waals surface area contributed by atoms with Gasteiger partial charge in [0.15, 0.2) is 0 Å². The van der Waals surface area contributed by atoms with E-state index in [2.05, 4.69) is 60.0 Å². The van der Waals surface area contributed by atoms with Crippen molar-refractivity contribution >= 4 is 46.7 Å². The van der Waals surface area contributed by atoms with E-state index in [4.69, 9.17) is 9.31 Å². The Morgan fingerprint density at radius 2 is 1.65 bits per heavy atom. The van der Waals surface area contributed by atoms with E-state index in [1.54, 1.807) is 11.3 Å². The first-order chi connectivity index (χ1) is 10.9. The average molecular weight is 344 g/mol. The van der Waals surface area contributed by atoms with Crippen molar-refractivity contribution in [2.45, 2.75) is 38.9 Å². The fourth-order valence-electron chi connectivity index (χ4n) is 2.68. The van der Waals surface area contributed by atoms with Gasteiger partial charge < -0.3 is 9.31 Å². The summed E-state index contributed by atoms with van der Waals surface area (Å²) in [6.07, 6.45) is 0. The molecule has 3 heterocycles. The van der Waals surface area contributed by atoms with Crippen molar-refractivity contribution in [3.8, 4) is 10.4 Å². The van der Waals surface area contributed by atoms with Crippen molar-refractivity contribution in [3.05, 3.63) is 29.6 Å². The van der Waals surface area contributed by atoms with E-state index >= 15 is 0 Å². The summed E-state index contributed by atoms with van der Waals surface area (Å²) >= 11 is 2.94. The Labute approximate surface area is 143 Å². The zero-order chi connectivity index (χ0) is 16.2. The first-order valence-corrected chi connectivity index (χ1v) is 9.15. The summed E-state index contributed by atoms with van der Waals surface area (Å²) in [4.78, 5) is 1.20. The molecule has 0 atom stereocenters. The van der Waals surface area contributed by atoms with E-state index in [1.807, 2.05) is 6.07 Å². The molecule has 3 aromatic rings. The van der Waals surface area contributed by atoms with Gasteiger partial charge >= 0.3 is 7.12 Å². The topological polar surface area (TPSA) is 44.2 Å². The van der Waals surface area contributed by atoms with Gasteiger partial charge in [0.25, 0.3) is 0 Å².